The molecule has 4 heteroatoms. The summed E-state index contributed by atoms with van der Waals surface area (Å²) in [5, 5.41) is 0. The lowest BCUT2D eigenvalue weighted by molar-refractivity contribution is 0.0934. The molecule has 2 heterocycles. The molecule has 0 amide bonds. The van der Waals surface area contributed by atoms with Gasteiger partial charge in [-0.2, -0.15) is 0 Å². The van der Waals surface area contributed by atoms with Crippen molar-refractivity contribution in [3.63, 3.8) is 0 Å². The van der Waals surface area contributed by atoms with Crippen molar-refractivity contribution >= 4 is 5.78 Å². The maximum absolute atomic E-state index is 12.1. The molecule has 0 bridgehead atoms. The van der Waals surface area contributed by atoms with Gasteiger partial charge in [0.15, 0.2) is 5.78 Å². The van der Waals surface area contributed by atoms with E-state index < -0.39 is 0 Å². The zero-order valence-electron chi connectivity index (χ0n) is 11.6. The Morgan fingerprint density at radius 2 is 2.11 bits per heavy atom. The highest BCUT2D eigenvalue weighted by molar-refractivity contribution is 5.96. The summed E-state index contributed by atoms with van der Waals surface area (Å²) < 4.78 is 1.85. The molecule has 2 aromatic rings. The Labute approximate surface area is 113 Å². The van der Waals surface area contributed by atoms with Gasteiger partial charge in [-0.15, -0.1) is 0 Å². The third-order valence-corrected chi connectivity index (χ3v) is 3.02. The number of Topliss-reactive ketones (excluding diaryl/α,β-unsaturated/α-hetero) is 1. The molecule has 0 aliphatic carbocycles. The molecule has 0 atom stereocenters. The van der Waals surface area contributed by atoms with Crippen LogP contribution in [0.4, 0.5) is 0 Å². The average molecular weight is 257 g/mol. The number of carbonyl (C=O) groups is 1. The number of nitrogens with zero attached hydrogens (tertiary/aromatic N) is 3. The standard InChI is InChI=1S/C15H19N3O/c1-12-6-4-7-13(16-12)10-17(2)11-15(19)14-8-5-9-18(14)3/h4-9H,10-11H2,1-3H3. The largest absolute Gasteiger partial charge is 0.348 e. The second kappa shape index (κ2) is 5.80. The first-order chi connectivity index (χ1) is 9.06. The monoisotopic (exact) mass is 257 g/mol. The first kappa shape index (κ1) is 13.5. The summed E-state index contributed by atoms with van der Waals surface area (Å²) in [6.07, 6.45) is 1.88. The summed E-state index contributed by atoms with van der Waals surface area (Å²) >= 11 is 0. The van der Waals surface area contributed by atoms with Crippen LogP contribution in [0.5, 0.6) is 0 Å². The van der Waals surface area contributed by atoms with E-state index in [4.69, 9.17) is 0 Å². The third-order valence-electron chi connectivity index (χ3n) is 3.02. The number of hydrogen-bond donors (Lipinski definition) is 0. The molecule has 0 unspecified atom stereocenters. The van der Waals surface area contributed by atoms with Gasteiger partial charge in [-0.3, -0.25) is 14.7 Å². The van der Waals surface area contributed by atoms with Crippen LogP contribution in [0.2, 0.25) is 0 Å². The fourth-order valence-corrected chi connectivity index (χ4v) is 2.10. The van der Waals surface area contributed by atoms with Crippen molar-refractivity contribution in [2.24, 2.45) is 7.05 Å². The number of aromatic nitrogens is 2. The maximum atomic E-state index is 12.1. The normalized spacial score (nSPS) is 10.9. The number of pyridine rings is 1. The van der Waals surface area contributed by atoms with E-state index >= 15 is 0 Å². The van der Waals surface area contributed by atoms with Crippen LogP contribution in [-0.2, 0) is 13.6 Å². The number of likely N-dealkylation sites (N-methyl/N-ethyl adjacent to an activating group) is 1. The predicted octanol–water partition coefficient (Wildman–Crippen LogP) is 2.04. The van der Waals surface area contributed by atoms with Crippen LogP contribution in [-0.4, -0.2) is 33.8 Å². The molecule has 100 valence electrons. The molecule has 0 aromatic carbocycles. The average Bonchev–Trinajstić information content (AvgIpc) is 2.75. The molecule has 0 fully saturated rings. The maximum Gasteiger partial charge on any atom is 0.193 e. The fourth-order valence-electron chi connectivity index (χ4n) is 2.10. The van der Waals surface area contributed by atoms with E-state index in [-0.39, 0.29) is 5.78 Å². The first-order valence-electron chi connectivity index (χ1n) is 6.32. The minimum absolute atomic E-state index is 0.127. The van der Waals surface area contributed by atoms with E-state index in [1.165, 1.54) is 0 Å². The minimum atomic E-state index is 0.127. The lowest BCUT2D eigenvalue weighted by Crippen LogP contribution is -2.27. The summed E-state index contributed by atoms with van der Waals surface area (Å²) in [5.41, 5.74) is 2.73. The van der Waals surface area contributed by atoms with E-state index in [9.17, 15) is 4.79 Å². The molecule has 0 saturated carbocycles. The molecule has 4 nitrogen and oxygen atoms in total. The molecular weight excluding hydrogens is 238 g/mol. The van der Waals surface area contributed by atoms with Crippen LogP contribution in [0.3, 0.4) is 0 Å². The van der Waals surface area contributed by atoms with Crippen LogP contribution in [0.25, 0.3) is 0 Å². The van der Waals surface area contributed by atoms with Crippen LogP contribution >= 0.6 is 0 Å². The molecule has 0 spiro atoms. The highest BCUT2D eigenvalue weighted by atomic mass is 16.1. The summed E-state index contributed by atoms with van der Waals surface area (Å²) in [5.74, 6) is 0.127. The summed E-state index contributed by atoms with van der Waals surface area (Å²) in [7, 11) is 3.82. The van der Waals surface area contributed by atoms with Crippen LogP contribution in [0, 0.1) is 6.92 Å². The van der Waals surface area contributed by atoms with Gasteiger partial charge in [0.25, 0.3) is 0 Å². The molecular formula is C15H19N3O. The topological polar surface area (TPSA) is 38.1 Å². The van der Waals surface area contributed by atoms with Crippen molar-refractivity contribution in [2.75, 3.05) is 13.6 Å². The fraction of sp³-hybridized carbons (Fsp3) is 0.333. The molecule has 2 aromatic heterocycles. The van der Waals surface area contributed by atoms with Crippen molar-refractivity contribution in [3.05, 3.63) is 53.6 Å². The van der Waals surface area contributed by atoms with Crippen molar-refractivity contribution in [3.8, 4) is 0 Å². The van der Waals surface area contributed by atoms with Gasteiger partial charge in [0.1, 0.15) is 0 Å². The molecule has 0 saturated heterocycles. The Morgan fingerprint density at radius 1 is 1.32 bits per heavy atom. The second-order valence-electron chi connectivity index (χ2n) is 4.87. The zero-order chi connectivity index (χ0) is 13.8. The summed E-state index contributed by atoms with van der Waals surface area (Å²) in [6.45, 7) is 3.05. The van der Waals surface area contributed by atoms with E-state index in [0.29, 0.717) is 13.1 Å². The molecule has 0 N–H and O–H groups in total. The molecule has 0 radical (unpaired) electrons. The van der Waals surface area contributed by atoms with Crippen molar-refractivity contribution < 1.29 is 4.79 Å². The van der Waals surface area contributed by atoms with Crippen molar-refractivity contribution in [1.82, 2.24) is 14.5 Å². The zero-order valence-corrected chi connectivity index (χ0v) is 11.6. The number of rotatable bonds is 5. The second-order valence-corrected chi connectivity index (χ2v) is 4.87. The van der Waals surface area contributed by atoms with E-state index in [0.717, 1.165) is 17.1 Å². The van der Waals surface area contributed by atoms with Gasteiger partial charge in [-0.05, 0) is 38.2 Å². The van der Waals surface area contributed by atoms with Gasteiger partial charge in [0, 0.05) is 25.5 Å². The van der Waals surface area contributed by atoms with E-state index in [1.807, 2.05) is 67.0 Å². The Balaban J connectivity index is 1.96. The quantitative estimate of drug-likeness (QED) is 0.769. The van der Waals surface area contributed by atoms with Crippen molar-refractivity contribution in [1.29, 1.82) is 0 Å². The lowest BCUT2D eigenvalue weighted by Gasteiger charge is -2.15. The van der Waals surface area contributed by atoms with Gasteiger partial charge < -0.3 is 4.57 Å². The number of carbonyl (C=O) groups excluding carboxylic acids is 1. The Morgan fingerprint density at radius 3 is 2.74 bits per heavy atom. The Hall–Kier alpha value is -1.94. The van der Waals surface area contributed by atoms with Gasteiger partial charge in [-0.25, -0.2) is 0 Å². The highest BCUT2D eigenvalue weighted by Gasteiger charge is 2.12. The molecule has 2 rings (SSSR count). The molecule has 0 aliphatic heterocycles. The van der Waals surface area contributed by atoms with Crippen LogP contribution in [0.1, 0.15) is 21.9 Å². The lowest BCUT2D eigenvalue weighted by atomic mass is 10.2. The number of hydrogen-bond acceptors (Lipinski definition) is 3. The highest BCUT2D eigenvalue weighted by Crippen LogP contribution is 2.05. The van der Waals surface area contributed by atoms with Crippen LogP contribution in [0.15, 0.2) is 36.5 Å². The smallest absolute Gasteiger partial charge is 0.193 e. The summed E-state index contributed by atoms with van der Waals surface area (Å²) in [4.78, 5) is 18.5. The number of aryl methyl sites for hydroxylation is 2. The van der Waals surface area contributed by atoms with E-state index in [1.54, 1.807) is 0 Å². The van der Waals surface area contributed by atoms with Gasteiger partial charge in [0.05, 0.1) is 17.9 Å². The minimum Gasteiger partial charge on any atom is -0.348 e. The first-order valence-corrected chi connectivity index (χ1v) is 6.32. The predicted molar refractivity (Wildman–Crippen MR) is 75.1 cm³/mol. The van der Waals surface area contributed by atoms with Gasteiger partial charge in [-0.1, -0.05) is 6.07 Å². The van der Waals surface area contributed by atoms with Gasteiger partial charge >= 0.3 is 0 Å². The molecule has 19 heavy (non-hydrogen) atoms. The third kappa shape index (κ3) is 3.51. The van der Waals surface area contributed by atoms with Gasteiger partial charge in [0.2, 0.25) is 0 Å². The Bertz CT molecular complexity index is 574. The number of ketones is 1. The van der Waals surface area contributed by atoms with E-state index in [2.05, 4.69) is 4.98 Å². The van der Waals surface area contributed by atoms with Crippen molar-refractivity contribution in [2.45, 2.75) is 13.5 Å². The SMILES string of the molecule is Cc1cccc(CN(C)CC(=O)c2cccn2C)n1. The Kier molecular flexibility index (Phi) is 4.12. The summed E-state index contributed by atoms with van der Waals surface area (Å²) in [6, 6.07) is 9.68. The molecule has 0 aliphatic rings. The van der Waals surface area contributed by atoms with Crippen LogP contribution < -0.4 is 0 Å².